The van der Waals surface area contributed by atoms with Crippen molar-refractivity contribution < 1.29 is 14.3 Å². The molecule has 0 saturated heterocycles. The van der Waals surface area contributed by atoms with Crippen LogP contribution in [0.15, 0.2) is 0 Å². The molecular formula is C15H31N3O3. The van der Waals surface area contributed by atoms with Crippen LogP contribution in [-0.2, 0) is 9.53 Å². The molecule has 6 heteroatoms. The van der Waals surface area contributed by atoms with Crippen LogP contribution in [0.4, 0.5) is 4.79 Å². The standard InChI is InChI=1S/C15H31N3O3/c1-8-9-17-11(12(16)19)10-18(14(2,3)4)13(20)21-15(5,6)7/h11,17H,8-10H2,1-7H3,(H2,16,19). The quantitative estimate of drug-likeness (QED) is 0.784. The fourth-order valence-electron chi connectivity index (χ4n) is 1.70. The lowest BCUT2D eigenvalue weighted by atomic mass is 10.1. The fraction of sp³-hybridized carbons (Fsp3) is 0.867. The number of nitrogens with zero attached hydrogens (tertiary/aromatic N) is 1. The number of amides is 2. The molecule has 1 atom stereocenters. The average Bonchev–Trinajstić information content (AvgIpc) is 2.24. The number of hydrogen-bond donors (Lipinski definition) is 2. The van der Waals surface area contributed by atoms with Crippen molar-refractivity contribution in [1.82, 2.24) is 10.2 Å². The van der Waals surface area contributed by atoms with E-state index in [2.05, 4.69) is 5.32 Å². The molecule has 2 amide bonds. The minimum atomic E-state index is -0.586. The van der Waals surface area contributed by atoms with Crippen molar-refractivity contribution in [1.29, 1.82) is 0 Å². The van der Waals surface area contributed by atoms with Gasteiger partial charge in [0.2, 0.25) is 5.91 Å². The SMILES string of the molecule is CCCNC(CN(C(=O)OC(C)(C)C)C(C)(C)C)C(N)=O. The van der Waals surface area contributed by atoms with E-state index in [1.165, 1.54) is 4.90 Å². The molecule has 0 aromatic heterocycles. The lowest BCUT2D eigenvalue weighted by Crippen LogP contribution is -2.56. The van der Waals surface area contributed by atoms with Crippen LogP contribution in [0.2, 0.25) is 0 Å². The van der Waals surface area contributed by atoms with Crippen LogP contribution in [0.1, 0.15) is 54.9 Å². The molecule has 0 bridgehead atoms. The van der Waals surface area contributed by atoms with E-state index >= 15 is 0 Å². The molecule has 0 aromatic carbocycles. The largest absolute Gasteiger partial charge is 0.444 e. The van der Waals surface area contributed by atoms with Gasteiger partial charge in [-0.2, -0.15) is 0 Å². The first-order valence-electron chi connectivity index (χ1n) is 7.41. The van der Waals surface area contributed by atoms with Crippen LogP contribution in [0.3, 0.4) is 0 Å². The van der Waals surface area contributed by atoms with Gasteiger partial charge in [-0.15, -0.1) is 0 Å². The second-order valence-electron chi connectivity index (χ2n) is 7.17. The van der Waals surface area contributed by atoms with Crippen molar-refractivity contribution in [3.05, 3.63) is 0 Å². The first kappa shape index (κ1) is 19.7. The average molecular weight is 301 g/mol. The van der Waals surface area contributed by atoms with Crippen LogP contribution in [0.5, 0.6) is 0 Å². The van der Waals surface area contributed by atoms with Crippen LogP contribution < -0.4 is 11.1 Å². The number of nitrogens with one attached hydrogen (secondary N) is 1. The molecule has 21 heavy (non-hydrogen) atoms. The van der Waals surface area contributed by atoms with E-state index in [1.807, 2.05) is 48.5 Å². The van der Waals surface area contributed by atoms with Crippen molar-refractivity contribution in [2.24, 2.45) is 5.73 Å². The van der Waals surface area contributed by atoms with Gasteiger partial charge in [0, 0.05) is 12.1 Å². The van der Waals surface area contributed by atoms with E-state index in [9.17, 15) is 9.59 Å². The topological polar surface area (TPSA) is 84.7 Å². The number of nitrogens with two attached hydrogens (primary N) is 1. The van der Waals surface area contributed by atoms with Gasteiger partial charge < -0.3 is 20.7 Å². The van der Waals surface area contributed by atoms with Gasteiger partial charge >= 0.3 is 6.09 Å². The number of hydrogen-bond acceptors (Lipinski definition) is 4. The molecule has 0 spiro atoms. The van der Waals surface area contributed by atoms with Crippen LogP contribution in [-0.4, -0.2) is 47.2 Å². The van der Waals surface area contributed by atoms with Crippen LogP contribution in [0.25, 0.3) is 0 Å². The minimum absolute atomic E-state index is 0.188. The highest BCUT2D eigenvalue weighted by Crippen LogP contribution is 2.18. The molecule has 0 heterocycles. The number of carbonyl (C=O) groups excluding carboxylic acids is 2. The third kappa shape index (κ3) is 7.90. The maximum atomic E-state index is 12.4. The van der Waals surface area contributed by atoms with Crippen molar-refractivity contribution in [2.45, 2.75) is 72.1 Å². The van der Waals surface area contributed by atoms with Crippen molar-refractivity contribution in [3.8, 4) is 0 Å². The Kier molecular flexibility index (Phi) is 7.16. The molecule has 0 aliphatic heterocycles. The highest BCUT2D eigenvalue weighted by atomic mass is 16.6. The molecule has 0 aromatic rings. The third-order valence-electron chi connectivity index (χ3n) is 2.77. The maximum absolute atomic E-state index is 12.4. The summed E-state index contributed by atoms with van der Waals surface area (Å²) in [4.78, 5) is 25.5. The molecule has 0 rings (SSSR count). The van der Waals surface area contributed by atoms with Gasteiger partial charge in [0.25, 0.3) is 0 Å². The Morgan fingerprint density at radius 3 is 2.05 bits per heavy atom. The summed E-state index contributed by atoms with van der Waals surface area (Å²) in [6, 6.07) is -0.586. The summed E-state index contributed by atoms with van der Waals surface area (Å²) < 4.78 is 5.42. The summed E-state index contributed by atoms with van der Waals surface area (Å²) in [5.74, 6) is -0.471. The van der Waals surface area contributed by atoms with Gasteiger partial charge in [-0.1, -0.05) is 6.92 Å². The highest BCUT2D eigenvalue weighted by molar-refractivity contribution is 5.81. The normalized spacial score (nSPS) is 13.7. The third-order valence-corrected chi connectivity index (χ3v) is 2.77. The van der Waals surface area contributed by atoms with Gasteiger partial charge in [-0.3, -0.25) is 4.79 Å². The van der Waals surface area contributed by atoms with E-state index in [-0.39, 0.29) is 6.54 Å². The van der Waals surface area contributed by atoms with Crippen LogP contribution >= 0.6 is 0 Å². The predicted octanol–water partition coefficient (Wildman–Crippen LogP) is 1.88. The first-order valence-corrected chi connectivity index (χ1v) is 7.41. The Hall–Kier alpha value is -1.30. The van der Waals surface area contributed by atoms with Gasteiger partial charge in [0.05, 0.1) is 0 Å². The molecular weight excluding hydrogens is 270 g/mol. The Bertz CT molecular complexity index is 356. The summed E-state index contributed by atoms with van der Waals surface area (Å²) in [6.45, 7) is 14.0. The lowest BCUT2D eigenvalue weighted by molar-refractivity contribution is -0.120. The zero-order valence-electron chi connectivity index (χ0n) is 14.4. The molecule has 0 radical (unpaired) electrons. The fourth-order valence-corrected chi connectivity index (χ4v) is 1.70. The summed E-state index contributed by atoms with van der Waals surface area (Å²) in [7, 11) is 0. The van der Waals surface area contributed by atoms with Gasteiger partial charge in [0.15, 0.2) is 0 Å². The Morgan fingerprint density at radius 1 is 1.19 bits per heavy atom. The van der Waals surface area contributed by atoms with Gasteiger partial charge in [-0.25, -0.2) is 4.79 Å². The lowest BCUT2D eigenvalue weighted by Gasteiger charge is -2.38. The summed E-state index contributed by atoms with van der Waals surface area (Å²) >= 11 is 0. The second kappa shape index (κ2) is 7.64. The van der Waals surface area contributed by atoms with E-state index in [1.54, 1.807) is 0 Å². The van der Waals surface area contributed by atoms with Gasteiger partial charge in [0.1, 0.15) is 11.6 Å². The monoisotopic (exact) mass is 301 g/mol. The predicted molar refractivity (Wildman–Crippen MR) is 84.0 cm³/mol. The van der Waals surface area contributed by atoms with Crippen molar-refractivity contribution in [3.63, 3.8) is 0 Å². The number of ether oxygens (including phenoxy) is 1. The minimum Gasteiger partial charge on any atom is -0.444 e. The van der Waals surface area contributed by atoms with E-state index in [0.29, 0.717) is 6.54 Å². The Balaban J connectivity index is 5.07. The number of primary amides is 1. The Morgan fingerprint density at radius 2 is 1.71 bits per heavy atom. The van der Waals surface area contributed by atoms with E-state index < -0.39 is 29.2 Å². The number of carbonyl (C=O) groups is 2. The summed E-state index contributed by atoms with van der Waals surface area (Å²) in [6.07, 6.45) is 0.436. The van der Waals surface area contributed by atoms with Crippen molar-refractivity contribution >= 4 is 12.0 Å². The smallest absolute Gasteiger partial charge is 0.410 e. The highest BCUT2D eigenvalue weighted by Gasteiger charge is 2.33. The molecule has 0 saturated carbocycles. The molecule has 6 nitrogen and oxygen atoms in total. The van der Waals surface area contributed by atoms with E-state index in [4.69, 9.17) is 10.5 Å². The second-order valence-corrected chi connectivity index (χ2v) is 7.17. The molecule has 0 aliphatic rings. The van der Waals surface area contributed by atoms with Crippen molar-refractivity contribution in [2.75, 3.05) is 13.1 Å². The first-order chi connectivity index (χ1) is 9.38. The maximum Gasteiger partial charge on any atom is 0.410 e. The van der Waals surface area contributed by atoms with Crippen LogP contribution in [0, 0.1) is 0 Å². The molecule has 0 aliphatic carbocycles. The zero-order valence-corrected chi connectivity index (χ0v) is 14.4. The summed E-state index contributed by atoms with van der Waals surface area (Å²) in [5.41, 5.74) is 4.36. The molecule has 0 fully saturated rings. The van der Waals surface area contributed by atoms with Gasteiger partial charge in [-0.05, 0) is 54.5 Å². The zero-order chi connectivity index (χ0) is 16.8. The number of rotatable bonds is 6. The molecule has 3 N–H and O–H groups in total. The molecule has 124 valence electrons. The summed E-state index contributed by atoms with van der Waals surface area (Å²) in [5, 5.41) is 3.07. The Labute approximate surface area is 128 Å². The molecule has 1 unspecified atom stereocenters. The van der Waals surface area contributed by atoms with E-state index in [0.717, 1.165) is 6.42 Å².